The maximum Gasteiger partial charge on any atom is 0.310 e. The van der Waals surface area contributed by atoms with Crippen molar-refractivity contribution in [3.63, 3.8) is 0 Å². The van der Waals surface area contributed by atoms with E-state index in [1.165, 1.54) is 12.4 Å². The van der Waals surface area contributed by atoms with Crippen LogP contribution in [0.5, 0.6) is 0 Å². The van der Waals surface area contributed by atoms with E-state index in [0.717, 1.165) is 0 Å². The Morgan fingerprint density at radius 3 is 2.63 bits per heavy atom. The molecular formula is C12H14N2O4S. The summed E-state index contributed by atoms with van der Waals surface area (Å²) in [4.78, 5) is 12.8. The predicted molar refractivity (Wildman–Crippen MR) is 70.9 cm³/mol. The minimum Gasteiger partial charge on any atom is -0.481 e. The predicted octanol–water partition coefficient (Wildman–Crippen LogP) is 1.33. The molecule has 19 heavy (non-hydrogen) atoms. The first-order chi connectivity index (χ1) is 8.74. The molecule has 0 saturated carbocycles. The monoisotopic (exact) mass is 282 g/mol. The molecule has 0 atom stereocenters. The van der Waals surface area contributed by atoms with Gasteiger partial charge in [-0.25, -0.2) is 0 Å². The zero-order valence-electron chi connectivity index (χ0n) is 10.6. The SMILES string of the molecule is CC(C)(CN1C=NS(=O)(=O)c2ccccc21)C(=O)O. The number of para-hydroxylation sites is 1. The number of carbonyl (C=O) groups is 1. The van der Waals surface area contributed by atoms with Gasteiger partial charge < -0.3 is 10.0 Å². The Hall–Kier alpha value is -1.89. The second-order valence-corrected chi connectivity index (χ2v) is 6.58. The Labute approximate surface area is 111 Å². The average molecular weight is 282 g/mol. The van der Waals surface area contributed by atoms with Crippen molar-refractivity contribution in [3.8, 4) is 0 Å². The molecule has 0 spiro atoms. The number of hydrogen-bond donors (Lipinski definition) is 1. The van der Waals surface area contributed by atoms with E-state index in [9.17, 15) is 13.2 Å². The fourth-order valence-electron chi connectivity index (χ4n) is 1.77. The summed E-state index contributed by atoms with van der Waals surface area (Å²) >= 11 is 0. The Morgan fingerprint density at radius 2 is 2.00 bits per heavy atom. The molecule has 0 fully saturated rings. The van der Waals surface area contributed by atoms with Gasteiger partial charge in [0.2, 0.25) is 0 Å². The molecule has 1 aromatic rings. The van der Waals surface area contributed by atoms with Gasteiger partial charge in [-0.15, -0.1) is 4.40 Å². The average Bonchev–Trinajstić information content (AvgIpc) is 2.33. The summed E-state index contributed by atoms with van der Waals surface area (Å²) in [6.45, 7) is 3.29. The molecule has 7 heteroatoms. The molecular weight excluding hydrogens is 268 g/mol. The molecule has 0 radical (unpaired) electrons. The molecule has 1 aromatic carbocycles. The second-order valence-electron chi connectivity index (χ2n) is 4.98. The molecule has 1 N–H and O–H groups in total. The molecule has 6 nitrogen and oxygen atoms in total. The first kappa shape index (κ1) is 13.5. The van der Waals surface area contributed by atoms with E-state index in [4.69, 9.17) is 5.11 Å². The lowest BCUT2D eigenvalue weighted by atomic mass is 9.93. The lowest BCUT2D eigenvalue weighted by Gasteiger charge is -2.30. The molecule has 0 saturated heterocycles. The molecule has 0 amide bonds. The summed E-state index contributed by atoms with van der Waals surface area (Å²) in [5.41, 5.74) is -0.563. The van der Waals surface area contributed by atoms with E-state index >= 15 is 0 Å². The molecule has 1 aliphatic heterocycles. The van der Waals surface area contributed by atoms with Crippen LogP contribution in [0, 0.1) is 5.41 Å². The number of anilines is 1. The summed E-state index contributed by atoms with van der Waals surface area (Å²) < 4.78 is 27.1. The molecule has 2 rings (SSSR count). The molecule has 0 bridgehead atoms. The normalized spacial score (nSPS) is 17.1. The topological polar surface area (TPSA) is 87.0 Å². The largest absolute Gasteiger partial charge is 0.481 e. The van der Waals surface area contributed by atoms with Crippen LogP contribution in [0.2, 0.25) is 0 Å². The number of carboxylic acids is 1. The lowest BCUT2D eigenvalue weighted by molar-refractivity contribution is -0.146. The number of carboxylic acid groups (broad SMARTS) is 1. The number of rotatable bonds is 3. The van der Waals surface area contributed by atoms with E-state index < -0.39 is 21.4 Å². The van der Waals surface area contributed by atoms with Crippen LogP contribution in [0.25, 0.3) is 0 Å². The number of fused-ring (bicyclic) bond motifs is 1. The van der Waals surface area contributed by atoms with Crippen LogP contribution in [0.3, 0.4) is 0 Å². The van der Waals surface area contributed by atoms with E-state index in [2.05, 4.69) is 4.40 Å². The quantitative estimate of drug-likeness (QED) is 0.903. The zero-order chi connectivity index (χ0) is 14.3. The van der Waals surface area contributed by atoms with Crippen LogP contribution in [-0.2, 0) is 14.8 Å². The zero-order valence-corrected chi connectivity index (χ0v) is 11.4. The third-order valence-electron chi connectivity index (χ3n) is 2.92. The van der Waals surface area contributed by atoms with Gasteiger partial charge in [0.1, 0.15) is 11.2 Å². The summed E-state index contributed by atoms with van der Waals surface area (Å²) in [5.74, 6) is -0.952. The van der Waals surface area contributed by atoms with Crippen LogP contribution in [0.15, 0.2) is 33.6 Å². The second kappa shape index (κ2) is 4.34. The Morgan fingerprint density at radius 1 is 1.37 bits per heavy atom. The van der Waals surface area contributed by atoms with Gasteiger partial charge in [0.25, 0.3) is 10.0 Å². The maximum absolute atomic E-state index is 11.8. The van der Waals surface area contributed by atoms with Crippen molar-refractivity contribution >= 4 is 28.0 Å². The minimum atomic E-state index is -3.67. The van der Waals surface area contributed by atoms with Gasteiger partial charge in [0, 0.05) is 6.54 Å². The van der Waals surface area contributed by atoms with E-state index in [0.29, 0.717) is 5.69 Å². The van der Waals surface area contributed by atoms with Crippen molar-refractivity contribution in [2.45, 2.75) is 18.7 Å². The van der Waals surface area contributed by atoms with Gasteiger partial charge in [0.05, 0.1) is 11.1 Å². The number of hydrogen-bond acceptors (Lipinski definition) is 4. The van der Waals surface area contributed by atoms with Gasteiger partial charge in [-0.1, -0.05) is 12.1 Å². The van der Waals surface area contributed by atoms with Crippen molar-refractivity contribution < 1.29 is 18.3 Å². The summed E-state index contributed by atoms with van der Waals surface area (Å²) in [6.07, 6.45) is 1.17. The number of sulfonamides is 1. The van der Waals surface area contributed by atoms with Crippen molar-refractivity contribution in [1.29, 1.82) is 0 Å². The van der Waals surface area contributed by atoms with E-state index in [1.54, 1.807) is 36.9 Å². The highest BCUT2D eigenvalue weighted by Gasteiger charge is 2.33. The summed E-state index contributed by atoms with van der Waals surface area (Å²) in [5, 5.41) is 9.13. The molecule has 1 heterocycles. The highest BCUT2D eigenvalue weighted by Crippen LogP contribution is 2.31. The van der Waals surface area contributed by atoms with Crippen LogP contribution in [0.4, 0.5) is 5.69 Å². The van der Waals surface area contributed by atoms with Crippen molar-refractivity contribution in [2.75, 3.05) is 11.4 Å². The smallest absolute Gasteiger partial charge is 0.310 e. The third kappa shape index (κ3) is 2.46. The van der Waals surface area contributed by atoms with Gasteiger partial charge in [-0.3, -0.25) is 4.79 Å². The van der Waals surface area contributed by atoms with Crippen molar-refractivity contribution in [2.24, 2.45) is 9.81 Å². The van der Waals surface area contributed by atoms with Gasteiger partial charge >= 0.3 is 5.97 Å². The summed E-state index contributed by atoms with van der Waals surface area (Å²) in [6, 6.07) is 6.41. The first-order valence-electron chi connectivity index (χ1n) is 5.63. The number of benzene rings is 1. The Balaban J connectivity index is 2.44. The Bertz CT molecular complexity index is 649. The van der Waals surface area contributed by atoms with Crippen LogP contribution >= 0.6 is 0 Å². The molecule has 102 valence electrons. The highest BCUT2D eigenvalue weighted by molar-refractivity contribution is 7.90. The highest BCUT2D eigenvalue weighted by atomic mass is 32.2. The fourth-order valence-corrected chi connectivity index (χ4v) is 2.82. The van der Waals surface area contributed by atoms with Crippen molar-refractivity contribution in [1.82, 2.24) is 0 Å². The standard InChI is InChI=1S/C12H14N2O4S/c1-12(2,11(15)16)7-14-8-13-19(17,18)10-6-4-3-5-9(10)14/h3-6,8H,7H2,1-2H3,(H,15,16). The lowest BCUT2D eigenvalue weighted by Crippen LogP contribution is -2.40. The van der Waals surface area contributed by atoms with Crippen LogP contribution in [-0.4, -0.2) is 32.4 Å². The van der Waals surface area contributed by atoms with Gasteiger partial charge in [-0.05, 0) is 26.0 Å². The van der Waals surface area contributed by atoms with Crippen LogP contribution in [0.1, 0.15) is 13.8 Å². The number of nitrogens with zero attached hydrogens (tertiary/aromatic N) is 2. The molecule has 1 aliphatic rings. The molecule has 0 aromatic heterocycles. The minimum absolute atomic E-state index is 0.0960. The summed E-state index contributed by atoms with van der Waals surface area (Å²) in [7, 11) is -3.67. The third-order valence-corrected chi connectivity index (χ3v) is 4.20. The number of aliphatic carboxylic acids is 1. The van der Waals surface area contributed by atoms with E-state index in [1.807, 2.05) is 0 Å². The van der Waals surface area contributed by atoms with Gasteiger partial charge in [0.15, 0.2) is 0 Å². The fraction of sp³-hybridized carbons (Fsp3) is 0.333. The van der Waals surface area contributed by atoms with Crippen LogP contribution < -0.4 is 4.90 Å². The molecule has 0 aliphatic carbocycles. The Kier molecular flexibility index (Phi) is 3.09. The molecule has 0 unspecified atom stereocenters. The van der Waals surface area contributed by atoms with Gasteiger partial charge in [-0.2, -0.15) is 8.42 Å². The maximum atomic E-state index is 11.8. The van der Waals surface area contributed by atoms with E-state index in [-0.39, 0.29) is 11.4 Å². The van der Waals surface area contributed by atoms with Crippen molar-refractivity contribution in [3.05, 3.63) is 24.3 Å². The first-order valence-corrected chi connectivity index (χ1v) is 7.07.